The summed E-state index contributed by atoms with van der Waals surface area (Å²) < 4.78 is 5.55. The Hall–Kier alpha value is -1.55. The van der Waals surface area contributed by atoms with E-state index in [-0.39, 0.29) is 11.9 Å². The first-order valence-corrected chi connectivity index (χ1v) is 6.48. The standard InChI is InChI=1S/C14H20N2O2/c1-2-3-8-18-13-6-4-11(5-7-13)14(17)16-9-12(15)10-16/h4-7,12H,2-3,8-10,15H2,1H3. The summed E-state index contributed by atoms with van der Waals surface area (Å²) in [6, 6.07) is 7.47. The van der Waals surface area contributed by atoms with E-state index in [9.17, 15) is 4.79 Å². The number of likely N-dealkylation sites (tertiary alicyclic amines) is 1. The second-order valence-electron chi connectivity index (χ2n) is 4.70. The van der Waals surface area contributed by atoms with Crippen molar-refractivity contribution in [1.29, 1.82) is 0 Å². The van der Waals surface area contributed by atoms with Crippen LogP contribution in [0.2, 0.25) is 0 Å². The summed E-state index contributed by atoms with van der Waals surface area (Å²) in [5.41, 5.74) is 6.36. The average molecular weight is 248 g/mol. The van der Waals surface area contributed by atoms with Gasteiger partial charge in [-0.1, -0.05) is 13.3 Å². The van der Waals surface area contributed by atoms with Gasteiger partial charge in [-0.05, 0) is 30.7 Å². The van der Waals surface area contributed by atoms with Crippen molar-refractivity contribution in [2.45, 2.75) is 25.8 Å². The number of carbonyl (C=O) groups excluding carboxylic acids is 1. The third kappa shape index (κ3) is 3.01. The minimum atomic E-state index is 0.0526. The fourth-order valence-corrected chi connectivity index (χ4v) is 1.89. The Morgan fingerprint density at radius 3 is 2.61 bits per heavy atom. The normalized spacial score (nSPS) is 15.3. The number of carbonyl (C=O) groups is 1. The van der Waals surface area contributed by atoms with Gasteiger partial charge in [-0.3, -0.25) is 4.79 Å². The number of unbranched alkanes of at least 4 members (excludes halogenated alkanes) is 1. The molecular weight excluding hydrogens is 228 g/mol. The Labute approximate surface area is 108 Å². The van der Waals surface area contributed by atoms with Crippen LogP contribution in [-0.2, 0) is 0 Å². The van der Waals surface area contributed by atoms with E-state index in [0.717, 1.165) is 25.2 Å². The monoisotopic (exact) mass is 248 g/mol. The molecule has 1 heterocycles. The van der Waals surface area contributed by atoms with Gasteiger partial charge in [0, 0.05) is 24.7 Å². The molecular formula is C14H20N2O2. The average Bonchev–Trinajstić information content (AvgIpc) is 2.35. The summed E-state index contributed by atoms with van der Waals surface area (Å²) in [4.78, 5) is 13.7. The maximum Gasteiger partial charge on any atom is 0.253 e. The van der Waals surface area contributed by atoms with Gasteiger partial charge in [-0.15, -0.1) is 0 Å². The number of nitrogens with two attached hydrogens (primary N) is 1. The lowest BCUT2D eigenvalue weighted by molar-refractivity contribution is 0.0608. The molecule has 1 aliphatic rings. The predicted octanol–water partition coefficient (Wildman–Crippen LogP) is 1.65. The van der Waals surface area contributed by atoms with Crippen molar-refractivity contribution in [2.24, 2.45) is 5.73 Å². The van der Waals surface area contributed by atoms with E-state index in [1.54, 1.807) is 4.90 Å². The Morgan fingerprint density at radius 2 is 2.06 bits per heavy atom. The smallest absolute Gasteiger partial charge is 0.253 e. The fraction of sp³-hybridized carbons (Fsp3) is 0.500. The molecule has 0 aromatic heterocycles. The molecule has 1 aromatic carbocycles. The largest absolute Gasteiger partial charge is 0.494 e. The molecule has 0 aliphatic carbocycles. The molecule has 1 aromatic rings. The highest BCUT2D eigenvalue weighted by Gasteiger charge is 2.28. The number of amides is 1. The molecule has 98 valence electrons. The van der Waals surface area contributed by atoms with Gasteiger partial charge in [0.25, 0.3) is 5.91 Å². The molecule has 1 fully saturated rings. The number of benzene rings is 1. The van der Waals surface area contributed by atoms with Gasteiger partial charge in [-0.2, -0.15) is 0 Å². The zero-order valence-electron chi connectivity index (χ0n) is 10.8. The van der Waals surface area contributed by atoms with Crippen LogP contribution in [0.5, 0.6) is 5.75 Å². The second-order valence-corrected chi connectivity index (χ2v) is 4.70. The Kier molecular flexibility index (Phi) is 4.20. The van der Waals surface area contributed by atoms with Crippen LogP contribution in [0.25, 0.3) is 0 Å². The zero-order chi connectivity index (χ0) is 13.0. The highest BCUT2D eigenvalue weighted by Crippen LogP contribution is 2.16. The van der Waals surface area contributed by atoms with Crippen molar-refractivity contribution in [3.05, 3.63) is 29.8 Å². The molecule has 0 spiro atoms. The van der Waals surface area contributed by atoms with Crippen LogP contribution >= 0.6 is 0 Å². The molecule has 1 saturated heterocycles. The lowest BCUT2D eigenvalue weighted by Gasteiger charge is -2.36. The maximum atomic E-state index is 12.0. The topological polar surface area (TPSA) is 55.6 Å². The lowest BCUT2D eigenvalue weighted by Crippen LogP contribution is -2.57. The number of hydrogen-bond donors (Lipinski definition) is 1. The van der Waals surface area contributed by atoms with Crippen molar-refractivity contribution in [3.63, 3.8) is 0 Å². The van der Waals surface area contributed by atoms with Gasteiger partial charge in [-0.25, -0.2) is 0 Å². The summed E-state index contributed by atoms with van der Waals surface area (Å²) in [5, 5.41) is 0. The predicted molar refractivity (Wildman–Crippen MR) is 70.7 cm³/mol. The summed E-state index contributed by atoms with van der Waals surface area (Å²) in [6.07, 6.45) is 2.16. The van der Waals surface area contributed by atoms with Crippen LogP contribution in [0.3, 0.4) is 0 Å². The van der Waals surface area contributed by atoms with Gasteiger partial charge in [0.1, 0.15) is 5.75 Å². The summed E-state index contributed by atoms with van der Waals surface area (Å²) in [7, 11) is 0. The minimum absolute atomic E-state index is 0.0526. The Morgan fingerprint density at radius 1 is 1.39 bits per heavy atom. The third-order valence-electron chi connectivity index (χ3n) is 3.06. The summed E-state index contributed by atoms with van der Waals surface area (Å²) in [5.74, 6) is 0.872. The van der Waals surface area contributed by atoms with Crippen molar-refractivity contribution in [1.82, 2.24) is 4.90 Å². The van der Waals surface area contributed by atoms with E-state index < -0.39 is 0 Å². The van der Waals surface area contributed by atoms with Crippen LogP contribution in [0, 0.1) is 0 Å². The van der Waals surface area contributed by atoms with Crippen molar-refractivity contribution in [2.75, 3.05) is 19.7 Å². The molecule has 18 heavy (non-hydrogen) atoms. The molecule has 0 saturated carbocycles. The van der Waals surface area contributed by atoms with Gasteiger partial charge in [0.2, 0.25) is 0 Å². The fourth-order valence-electron chi connectivity index (χ4n) is 1.89. The van der Waals surface area contributed by atoms with Crippen molar-refractivity contribution >= 4 is 5.91 Å². The summed E-state index contributed by atoms with van der Waals surface area (Å²) >= 11 is 0. The van der Waals surface area contributed by atoms with E-state index >= 15 is 0 Å². The molecule has 4 heteroatoms. The Balaban J connectivity index is 1.89. The first kappa shape index (κ1) is 12.9. The van der Waals surface area contributed by atoms with Crippen LogP contribution in [0.15, 0.2) is 24.3 Å². The molecule has 2 rings (SSSR count). The molecule has 0 atom stereocenters. The van der Waals surface area contributed by atoms with Gasteiger partial charge >= 0.3 is 0 Å². The van der Waals surface area contributed by atoms with Gasteiger partial charge in [0.15, 0.2) is 0 Å². The highest BCUT2D eigenvalue weighted by atomic mass is 16.5. The van der Waals surface area contributed by atoms with Gasteiger partial charge in [0.05, 0.1) is 6.61 Å². The first-order chi connectivity index (χ1) is 8.70. The van der Waals surface area contributed by atoms with E-state index in [2.05, 4.69) is 6.92 Å². The van der Waals surface area contributed by atoms with E-state index in [1.165, 1.54) is 0 Å². The zero-order valence-corrected chi connectivity index (χ0v) is 10.8. The number of ether oxygens (including phenoxy) is 1. The quantitative estimate of drug-likeness (QED) is 0.806. The van der Waals surface area contributed by atoms with E-state index in [4.69, 9.17) is 10.5 Å². The summed E-state index contributed by atoms with van der Waals surface area (Å²) in [6.45, 7) is 4.18. The van der Waals surface area contributed by atoms with Crippen molar-refractivity contribution in [3.8, 4) is 5.75 Å². The van der Waals surface area contributed by atoms with Gasteiger partial charge < -0.3 is 15.4 Å². The lowest BCUT2D eigenvalue weighted by atomic mass is 10.1. The maximum absolute atomic E-state index is 12.0. The van der Waals surface area contributed by atoms with Crippen LogP contribution in [0.4, 0.5) is 0 Å². The minimum Gasteiger partial charge on any atom is -0.494 e. The number of nitrogens with zero attached hydrogens (tertiary/aromatic N) is 1. The molecule has 1 amide bonds. The van der Waals surface area contributed by atoms with E-state index in [1.807, 2.05) is 24.3 Å². The molecule has 0 radical (unpaired) electrons. The first-order valence-electron chi connectivity index (χ1n) is 6.48. The third-order valence-corrected chi connectivity index (χ3v) is 3.06. The molecule has 2 N–H and O–H groups in total. The Bertz CT molecular complexity index is 397. The SMILES string of the molecule is CCCCOc1ccc(C(=O)N2CC(N)C2)cc1. The molecule has 0 unspecified atom stereocenters. The molecule has 4 nitrogen and oxygen atoms in total. The molecule has 1 aliphatic heterocycles. The van der Waals surface area contributed by atoms with Crippen molar-refractivity contribution < 1.29 is 9.53 Å². The number of rotatable bonds is 5. The molecule has 0 bridgehead atoms. The van der Waals surface area contributed by atoms with Crippen LogP contribution in [-0.4, -0.2) is 36.5 Å². The van der Waals surface area contributed by atoms with Crippen LogP contribution in [0.1, 0.15) is 30.1 Å². The second kappa shape index (κ2) is 5.87. The van der Waals surface area contributed by atoms with Crippen LogP contribution < -0.4 is 10.5 Å². The van der Waals surface area contributed by atoms with E-state index in [0.29, 0.717) is 18.7 Å². The highest BCUT2D eigenvalue weighted by molar-refractivity contribution is 5.94. The number of hydrogen-bond acceptors (Lipinski definition) is 3.